The van der Waals surface area contributed by atoms with Crippen LogP contribution in [0.1, 0.15) is 30.9 Å². The van der Waals surface area contributed by atoms with Crippen LogP contribution in [0.15, 0.2) is 46.9 Å². The molecule has 23 heavy (non-hydrogen) atoms. The molecule has 1 aromatic heterocycles. The maximum atomic E-state index is 12.2. The molecule has 2 aliphatic rings. The molecule has 0 saturated carbocycles. The summed E-state index contributed by atoms with van der Waals surface area (Å²) in [4.78, 5) is 14.3. The Morgan fingerprint density at radius 3 is 2.74 bits per heavy atom. The second-order valence-corrected chi connectivity index (χ2v) is 6.82. The number of hydrogen-bond donors (Lipinski definition) is 1. The minimum absolute atomic E-state index is 0.0489. The molecule has 3 heterocycles. The van der Waals surface area contributed by atoms with E-state index in [9.17, 15) is 4.79 Å². The third-order valence-corrected chi connectivity index (χ3v) is 5.13. The lowest BCUT2D eigenvalue weighted by Crippen LogP contribution is -2.58. The normalized spacial score (nSPS) is 24.8. The highest BCUT2D eigenvalue weighted by atomic mass is 16.3. The average molecular weight is 308 g/mol. The van der Waals surface area contributed by atoms with Gasteiger partial charge in [0.05, 0.1) is 6.54 Å². The predicted molar refractivity (Wildman–Crippen MR) is 90.2 cm³/mol. The minimum Gasteiger partial charge on any atom is -0.462 e. The van der Waals surface area contributed by atoms with E-state index >= 15 is 0 Å². The molecular weight excluding hydrogens is 288 g/mol. The van der Waals surface area contributed by atoms with Crippen LogP contribution < -0.4 is 10.2 Å². The number of hydrogen-bond acceptors (Lipinski definition) is 3. The summed E-state index contributed by atoms with van der Waals surface area (Å²) >= 11 is 0. The lowest BCUT2D eigenvalue weighted by Gasteiger charge is -2.40. The van der Waals surface area contributed by atoms with Gasteiger partial charge in [0.2, 0.25) is 5.91 Å². The number of nitrogens with one attached hydrogen (secondary N) is 1. The lowest BCUT2D eigenvalue weighted by atomic mass is 9.75. The predicted octanol–water partition coefficient (Wildman–Crippen LogP) is 3.23. The molecule has 2 aliphatic heterocycles. The van der Waals surface area contributed by atoms with Gasteiger partial charge in [-0.25, -0.2) is 0 Å². The van der Waals surface area contributed by atoms with Gasteiger partial charge in [-0.2, -0.15) is 0 Å². The summed E-state index contributed by atoms with van der Waals surface area (Å²) in [5.74, 6) is 1.72. The molecule has 118 valence electrons. The van der Waals surface area contributed by atoms with Gasteiger partial charge in [-0.15, -0.1) is 0 Å². The molecule has 2 aromatic rings. The van der Waals surface area contributed by atoms with Gasteiger partial charge in [0.1, 0.15) is 17.2 Å². The van der Waals surface area contributed by atoms with Crippen molar-refractivity contribution in [1.82, 2.24) is 5.32 Å². The van der Waals surface area contributed by atoms with Gasteiger partial charge in [0.15, 0.2) is 0 Å². The number of carbonyl (C=O) groups excluding carboxylic acids is 1. The lowest BCUT2D eigenvalue weighted by molar-refractivity contribution is -0.118. The van der Waals surface area contributed by atoms with E-state index in [0.29, 0.717) is 6.54 Å². The van der Waals surface area contributed by atoms with E-state index in [0.717, 1.165) is 17.2 Å². The smallest absolute Gasteiger partial charge is 0.241 e. The van der Waals surface area contributed by atoms with E-state index in [2.05, 4.69) is 48.3 Å². The number of para-hydroxylation sites is 1. The number of furan rings is 1. The van der Waals surface area contributed by atoms with Gasteiger partial charge in [0.25, 0.3) is 0 Å². The molecule has 4 nitrogen and oxygen atoms in total. The van der Waals surface area contributed by atoms with Crippen LogP contribution in [0.3, 0.4) is 0 Å². The summed E-state index contributed by atoms with van der Waals surface area (Å²) in [6.45, 7) is 6.65. The Morgan fingerprint density at radius 1 is 1.22 bits per heavy atom. The molecule has 0 spiro atoms. The zero-order chi connectivity index (χ0) is 16.2. The maximum Gasteiger partial charge on any atom is 0.241 e. The standard InChI is InChI=1S/C19H20N2O2/c1-13-8-9-14(23-13)10-11-19-18(2,3)15-6-4-5-7-16(15)21(19)12-17(22)20-19/h4-11H,12H2,1-3H3,(H,20,22). The van der Waals surface area contributed by atoms with E-state index in [1.54, 1.807) is 0 Å². The number of anilines is 1. The van der Waals surface area contributed by atoms with Crippen LogP contribution in [0.4, 0.5) is 5.69 Å². The van der Waals surface area contributed by atoms with Crippen molar-refractivity contribution in [3.8, 4) is 0 Å². The number of carbonyl (C=O) groups is 1. The maximum absolute atomic E-state index is 12.2. The van der Waals surface area contributed by atoms with Crippen LogP contribution >= 0.6 is 0 Å². The number of benzene rings is 1. The summed E-state index contributed by atoms with van der Waals surface area (Å²) in [6, 6.07) is 12.2. The average Bonchev–Trinajstić information content (AvgIpc) is 3.13. The Hall–Kier alpha value is -2.49. The van der Waals surface area contributed by atoms with E-state index < -0.39 is 5.66 Å². The summed E-state index contributed by atoms with van der Waals surface area (Å²) in [5, 5.41) is 3.20. The van der Waals surface area contributed by atoms with Gasteiger partial charge in [-0.1, -0.05) is 32.0 Å². The minimum atomic E-state index is -0.561. The molecule has 1 unspecified atom stereocenters. The van der Waals surface area contributed by atoms with Crippen LogP contribution in [0.5, 0.6) is 0 Å². The van der Waals surface area contributed by atoms with Crippen LogP contribution in [0, 0.1) is 6.92 Å². The molecule has 1 N–H and O–H groups in total. The first-order valence-corrected chi connectivity index (χ1v) is 7.88. The molecule has 1 fully saturated rings. The van der Waals surface area contributed by atoms with Crippen molar-refractivity contribution in [2.45, 2.75) is 31.8 Å². The Morgan fingerprint density at radius 2 is 2.00 bits per heavy atom. The van der Waals surface area contributed by atoms with E-state index in [1.807, 2.05) is 31.2 Å². The number of nitrogens with zero attached hydrogens (tertiary/aromatic N) is 1. The summed E-state index contributed by atoms with van der Waals surface area (Å²) < 4.78 is 5.64. The molecule has 0 aliphatic carbocycles. The molecule has 1 atom stereocenters. The number of aryl methyl sites for hydroxylation is 1. The third-order valence-electron chi connectivity index (χ3n) is 5.13. The first-order chi connectivity index (χ1) is 10.9. The molecule has 4 heteroatoms. The molecular formula is C19H20N2O2. The van der Waals surface area contributed by atoms with Crippen LogP contribution in [-0.2, 0) is 10.2 Å². The van der Waals surface area contributed by atoms with Crippen molar-refractivity contribution >= 4 is 17.7 Å². The zero-order valence-corrected chi connectivity index (χ0v) is 13.6. The number of fused-ring (bicyclic) bond motifs is 3. The molecule has 0 bridgehead atoms. The van der Waals surface area contributed by atoms with E-state index in [-0.39, 0.29) is 11.3 Å². The zero-order valence-electron chi connectivity index (χ0n) is 13.6. The Labute approximate surface area is 135 Å². The summed E-state index contributed by atoms with van der Waals surface area (Å²) in [5.41, 5.74) is 1.57. The second-order valence-electron chi connectivity index (χ2n) is 6.82. The van der Waals surface area contributed by atoms with Crippen molar-refractivity contribution in [3.05, 3.63) is 59.6 Å². The third kappa shape index (κ3) is 1.81. The summed E-state index contributed by atoms with van der Waals surface area (Å²) in [7, 11) is 0. The van der Waals surface area contributed by atoms with Gasteiger partial charge >= 0.3 is 0 Å². The largest absolute Gasteiger partial charge is 0.462 e. The first-order valence-electron chi connectivity index (χ1n) is 7.88. The highest BCUT2D eigenvalue weighted by Crippen LogP contribution is 2.52. The van der Waals surface area contributed by atoms with Crippen LogP contribution in [0.25, 0.3) is 6.08 Å². The van der Waals surface area contributed by atoms with Gasteiger partial charge in [0, 0.05) is 11.1 Å². The van der Waals surface area contributed by atoms with Crippen molar-refractivity contribution in [2.75, 3.05) is 11.4 Å². The number of rotatable bonds is 2. The quantitative estimate of drug-likeness (QED) is 0.926. The van der Waals surface area contributed by atoms with E-state index in [4.69, 9.17) is 4.42 Å². The fraction of sp³-hybridized carbons (Fsp3) is 0.316. The fourth-order valence-corrected chi connectivity index (χ4v) is 3.89. The molecule has 1 aromatic carbocycles. The van der Waals surface area contributed by atoms with Crippen molar-refractivity contribution in [2.24, 2.45) is 0 Å². The Balaban J connectivity index is 1.84. The second kappa shape index (κ2) is 4.51. The fourth-order valence-electron chi connectivity index (χ4n) is 3.89. The van der Waals surface area contributed by atoms with Crippen molar-refractivity contribution in [3.63, 3.8) is 0 Å². The summed E-state index contributed by atoms with van der Waals surface area (Å²) in [6.07, 6.45) is 4.02. The monoisotopic (exact) mass is 308 g/mol. The van der Waals surface area contributed by atoms with Gasteiger partial charge < -0.3 is 14.6 Å². The molecule has 4 rings (SSSR count). The SMILES string of the molecule is Cc1ccc(C=CC23NC(=O)CN2c2ccccc2C3(C)C)o1. The van der Waals surface area contributed by atoms with Crippen LogP contribution in [-0.4, -0.2) is 18.1 Å². The van der Waals surface area contributed by atoms with Gasteiger partial charge in [-0.05, 0) is 42.8 Å². The highest BCUT2D eigenvalue weighted by molar-refractivity contribution is 5.91. The van der Waals surface area contributed by atoms with Crippen LogP contribution in [0.2, 0.25) is 0 Å². The Kier molecular flexibility index (Phi) is 2.77. The molecule has 1 saturated heterocycles. The molecule has 0 radical (unpaired) electrons. The van der Waals surface area contributed by atoms with Crippen molar-refractivity contribution in [1.29, 1.82) is 0 Å². The molecule has 1 amide bonds. The topological polar surface area (TPSA) is 45.5 Å². The van der Waals surface area contributed by atoms with E-state index in [1.165, 1.54) is 5.56 Å². The van der Waals surface area contributed by atoms with Crippen molar-refractivity contribution < 1.29 is 9.21 Å². The number of amides is 1. The Bertz CT molecular complexity index is 818. The van der Waals surface area contributed by atoms with Gasteiger partial charge in [-0.3, -0.25) is 4.79 Å². The first kappa shape index (κ1) is 14.1. The highest BCUT2D eigenvalue weighted by Gasteiger charge is 2.59.